The number of carbonyl (C=O) groups excluding carboxylic acids is 2. The lowest BCUT2D eigenvalue weighted by Gasteiger charge is -2.29. The minimum Gasteiger partial charge on any atom is -0.465 e. The zero-order chi connectivity index (χ0) is 28.4. The van der Waals surface area contributed by atoms with Crippen LogP contribution in [-0.2, 0) is 9.53 Å². The zero-order valence-corrected chi connectivity index (χ0v) is 23.6. The number of nitrogens with one attached hydrogen (secondary N) is 2. The normalized spacial score (nSPS) is 16.6. The lowest BCUT2D eigenvalue weighted by molar-refractivity contribution is -0.118. The fraction of sp³-hybridized carbons (Fsp3) is 0.226. The number of nitrogens with zero attached hydrogens (tertiary/aromatic N) is 3. The molecule has 0 radical (unpaired) electrons. The highest BCUT2D eigenvalue weighted by Crippen LogP contribution is 2.43. The van der Waals surface area contributed by atoms with Crippen molar-refractivity contribution >= 4 is 40.6 Å². The number of aryl methyl sites for hydroxylation is 1. The smallest absolute Gasteiger partial charge is 0.339 e. The third kappa shape index (κ3) is 5.08. The van der Waals surface area contributed by atoms with Crippen LogP contribution in [0.3, 0.4) is 0 Å². The van der Waals surface area contributed by atoms with E-state index in [2.05, 4.69) is 20.5 Å². The van der Waals surface area contributed by atoms with Crippen molar-refractivity contribution in [2.24, 2.45) is 5.92 Å². The number of amides is 1. The minimum absolute atomic E-state index is 0.0376. The average Bonchev–Trinajstić information content (AvgIpc) is 3.58. The van der Waals surface area contributed by atoms with Gasteiger partial charge in [0.05, 0.1) is 30.1 Å². The van der Waals surface area contributed by atoms with Gasteiger partial charge in [0, 0.05) is 35.4 Å². The molecule has 1 aliphatic heterocycles. The largest absolute Gasteiger partial charge is 0.465 e. The van der Waals surface area contributed by atoms with Crippen LogP contribution in [0.4, 0.5) is 11.4 Å². The quantitative estimate of drug-likeness (QED) is 0.223. The monoisotopic (exact) mass is 553 g/mol. The maximum absolute atomic E-state index is 12.7. The Morgan fingerprint density at radius 2 is 1.82 bits per heavy atom. The number of carbonyl (C=O) groups is 2. The van der Waals surface area contributed by atoms with Gasteiger partial charge >= 0.3 is 5.97 Å². The van der Waals surface area contributed by atoms with E-state index in [4.69, 9.17) is 17.0 Å². The molecule has 1 fully saturated rings. The van der Waals surface area contributed by atoms with Crippen molar-refractivity contribution in [1.29, 1.82) is 0 Å². The van der Waals surface area contributed by atoms with E-state index in [1.807, 2.05) is 98.3 Å². The molecular formula is C31H31N5O3S. The van der Waals surface area contributed by atoms with Crippen LogP contribution in [0.15, 0.2) is 85.2 Å². The first kappa shape index (κ1) is 27.1. The number of pyridine rings is 1. The summed E-state index contributed by atoms with van der Waals surface area (Å²) in [6, 6.07) is 22.5. The Morgan fingerprint density at radius 3 is 2.52 bits per heavy atom. The molecule has 1 saturated heterocycles. The first-order valence-corrected chi connectivity index (χ1v) is 13.5. The summed E-state index contributed by atoms with van der Waals surface area (Å²) in [5.74, 6) is -0.578. The summed E-state index contributed by atoms with van der Waals surface area (Å²) in [5.41, 5.74) is 5.45. The van der Waals surface area contributed by atoms with Crippen molar-refractivity contribution in [1.82, 2.24) is 14.9 Å². The number of ether oxygens (including phenoxy) is 1. The third-order valence-electron chi connectivity index (χ3n) is 7.02. The molecule has 9 heteroatoms. The molecule has 0 aliphatic carbocycles. The van der Waals surface area contributed by atoms with Crippen molar-refractivity contribution in [2.45, 2.75) is 32.9 Å². The molecule has 4 aromatic rings. The number of anilines is 2. The molecule has 3 heterocycles. The first-order chi connectivity index (χ1) is 19.3. The molecule has 0 bridgehead atoms. The molecular weight excluding hydrogens is 522 g/mol. The van der Waals surface area contributed by atoms with Gasteiger partial charge in [-0.1, -0.05) is 32.0 Å². The van der Waals surface area contributed by atoms with Gasteiger partial charge in [-0.3, -0.25) is 9.78 Å². The molecule has 2 N–H and O–H groups in total. The van der Waals surface area contributed by atoms with Gasteiger partial charge in [-0.2, -0.15) is 0 Å². The Hall–Kier alpha value is -4.50. The average molecular weight is 554 g/mol. The van der Waals surface area contributed by atoms with Crippen LogP contribution in [0.1, 0.15) is 53.2 Å². The van der Waals surface area contributed by atoms with Crippen molar-refractivity contribution in [3.63, 3.8) is 0 Å². The summed E-state index contributed by atoms with van der Waals surface area (Å²) >= 11 is 5.91. The standard InChI is InChI=1S/C31H31N5O3S/c1-19(2)29(37)33-23-15-14-21(18-20(23)3)36-28(27(34-31(36)40)24-11-7-8-16-32-24)26-13-9-17-35(26)25-12-6-5-10-22(25)30(38)39-4/h5-19,27-28H,1-4H3,(H,33,37)(H,34,40)/t27-,28+/m0/s1. The topological polar surface area (TPSA) is 88.5 Å². The highest BCUT2D eigenvalue weighted by molar-refractivity contribution is 7.80. The van der Waals surface area contributed by atoms with Gasteiger partial charge in [0.1, 0.15) is 6.04 Å². The molecule has 1 aliphatic rings. The van der Waals surface area contributed by atoms with E-state index in [1.54, 1.807) is 12.3 Å². The molecule has 204 valence electrons. The Morgan fingerprint density at radius 1 is 1.05 bits per heavy atom. The summed E-state index contributed by atoms with van der Waals surface area (Å²) in [4.78, 5) is 31.7. The molecule has 1 amide bonds. The van der Waals surface area contributed by atoms with Crippen molar-refractivity contribution < 1.29 is 14.3 Å². The summed E-state index contributed by atoms with van der Waals surface area (Å²) in [6.45, 7) is 5.69. The van der Waals surface area contributed by atoms with Gasteiger partial charge in [-0.05, 0) is 79.3 Å². The lowest BCUT2D eigenvalue weighted by Crippen LogP contribution is -2.30. The number of benzene rings is 2. The summed E-state index contributed by atoms with van der Waals surface area (Å²) < 4.78 is 7.07. The molecule has 0 saturated carbocycles. The SMILES string of the molecule is COC(=O)c1ccccc1-n1cccc1[C@@H]1[C@H](c2ccccn2)NC(=S)N1c1ccc(NC(=O)C(C)C)c(C)c1. The molecule has 5 rings (SSSR count). The van der Waals surface area contributed by atoms with E-state index in [1.165, 1.54) is 7.11 Å². The Balaban J connectivity index is 1.63. The summed E-state index contributed by atoms with van der Waals surface area (Å²) in [5, 5.41) is 7.04. The van der Waals surface area contributed by atoms with Crippen LogP contribution >= 0.6 is 12.2 Å². The van der Waals surface area contributed by atoms with E-state index in [9.17, 15) is 9.59 Å². The van der Waals surface area contributed by atoms with Gasteiger partial charge in [0.15, 0.2) is 5.11 Å². The van der Waals surface area contributed by atoms with Crippen LogP contribution in [0.5, 0.6) is 0 Å². The van der Waals surface area contributed by atoms with E-state index in [-0.39, 0.29) is 23.9 Å². The highest BCUT2D eigenvalue weighted by Gasteiger charge is 2.42. The van der Waals surface area contributed by atoms with Gasteiger partial charge < -0.3 is 24.8 Å². The minimum atomic E-state index is -0.414. The number of esters is 1. The maximum atomic E-state index is 12.7. The van der Waals surface area contributed by atoms with E-state index >= 15 is 0 Å². The van der Waals surface area contributed by atoms with Crippen LogP contribution in [0, 0.1) is 12.8 Å². The van der Waals surface area contributed by atoms with Crippen molar-refractivity contribution in [3.8, 4) is 5.69 Å². The molecule has 0 unspecified atom stereocenters. The van der Waals surface area contributed by atoms with Crippen molar-refractivity contribution in [3.05, 3.63) is 108 Å². The summed E-state index contributed by atoms with van der Waals surface area (Å²) in [7, 11) is 1.38. The second kappa shape index (κ2) is 11.3. The zero-order valence-electron chi connectivity index (χ0n) is 22.8. The van der Waals surface area contributed by atoms with Gasteiger partial charge in [-0.15, -0.1) is 0 Å². The number of hydrogen-bond acceptors (Lipinski definition) is 5. The lowest BCUT2D eigenvalue weighted by atomic mass is 10.00. The fourth-order valence-corrected chi connectivity index (χ4v) is 5.32. The molecule has 40 heavy (non-hydrogen) atoms. The molecule has 0 spiro atoms. The number of rotatable bonds is 7. The van der Waals surface area contributed by atoms with Gasteiger partial charge in [-0.25, -0.2) is 4.79 Å². The second-order valence-electron chi connectivity index (χ2n) is 9.95. The Bertz CT molecular complexity index is 1570. The molecule has 8 nitrogen and oxygen atoms in total. The Labute approximate surface area is 239 Å². The predicted molar refractivity (Wildman–Crippen MR) is 160 cm³/mol. The maximum Gasteiger partial charge on any atom is 0.339 e. The predicted octanol–water partition coefficient (Wildman–Crippen LogP) is 5.74. The number of aromatic nitrogens is 2. The molecule has 2 atom stereocenters. The van der Waals surface area contributed by atoms with Crippen molar-refractivity contribution in [2.75, 3.05) is 17.3 Å². The number of methoxy groups -OCH3 is 1. The highest BCUT2D eigenvalue weighted by atomic mass is 32.1. The number of hydrogen-bond donors (Lipinski definition) is 2. The van der Waals surface area contributed by atoms with Crippen LogP contribution in [-0.4, -0.2) is 33.6 Å². The van der Waals surface area contributed by atoms with Crippen LogP contribution in [0.2, 0.25) is 0 Å². The third-order valence-corrected chi connectivity index (χ3v) is 7.34. The summed E-state index contributed by atoms with van der Waals surface area (Å²) in [6.07, 6.45) is 3.70. The van der Waals surface area contributed by atoms with E-state index in [0.29, 0.717) is 16.4 Å². The van der Waals surface area contributed by atoms with E-state index in [0.717, 1.165) is 28.3 Å². The van der Waals surface area contributed by atoms with Crippen LogP contribution in [0.25, 0.3) is 5.69 Å². The second-order valence-corrected chi connectivity index (χ2v) is 10.3. The van der Waals surface area contributed by atoms with Gasteiger partial charge in [0.25, 0.3) is 0 Å². The number of para-hydroxylation sites is 1. The molecule has 2 aromatic heterocycles. The fourth-order valence-electron chi connectivity index (χ4n) is 4.97. The van der Waals surface area contributed by atoms with Gasteiger partial charge in [0.2, 0.25) is 5.91 Å². The first-order valence-electron chi connectivity index (χ1n) is 13.1. The van der Waals surface area contributed by atoms with Crippen LogP contribution < -0.4 is 15.5 Å². The number of thiocarbonyl (C=S) groups is 1. The molecule has 2 aromatic carbocycles. The Kier molecular flexibility index (Phi) is 7.66. The van der Waals surface area contributed by atoms with E-state index < -0.39 is 5.97 Å².